The van der Waals surface area contributed by atoms with Gasteiger partial charge in [-0.15, -0.1) is 24.0 Å². The molecule has 0 aromatic carbocycles. The average molecular weight is 405 g/mol. The van der Waals surface area contributed by atoms with E-state index in [-0.39, 0.29) is 24.0 Å². The van der Waals surface area contributed by atoms with Crippen LogP contribution >= 0.6 is 24.0 Å². The van der Waals surface area contributed by atoms with E-state index in [1.807, 2.05) is 0 Å². The third-order valence-corrected chi connectivity index (χ3v) is 5.75. The van der Waals surface area contributed by atoms with Crippen LogP contribution in [0.5, 0.6) is 0 Å². The predicted molar refractivity (Wildman–Crippen MR) is 100 cm³/mol. The highest BCUT2D eigenvalue weighted by Gasteiger charge is 2.48. The van der Waals surface area contributed by atoms with E-state index in [1.54, 1.807) is 0 Å². The van der Waals surface area contributed by atoms with Gasteiger partial charge in [0, 0.05) is 26.2 Å². The Bertz CT molecular complexity index is 353. The number of halogens is 1. The Hall–Kier alpha value is 0. The summed E-state index contributed by atoms with van der Waals surface area (Å²) >= 11 is 0. The predicted octanol–water partition coefficient (Wildman–Crippen LogP) is 3.88. The summed E-state index contributed by atoms with van der Waals surface area (Å²) in [5, 5.41) is 3.52. The van der Waals surface area contributed by atoms with Crippen molar-refractivity contribution in [3.63, 3.8) is 0 Å². The number of nitrogens with zero attached hydrogens (tertiary/aromatic N) is 2. The first-order chi connectivity index (χ1) is 9.73. The molecule has 3 aliphatic rings. The molecule has 2 aliphatic carbocycles. The van der Waals surface area contributed by atoms with Crippen molar-refractivity contribution >= 4 is 29.9 Å². The van der Waals surface area contributed by atoms with Gasteiger partial charge in [0.25, 0.3) is 0 Å². The van der Waals surface area contributed by atoms with Crippen molar-refractivity contribution in [1.82, 2.24) is 10.2 Å². The van der Waals surface area contributed by atoms with Crippen LogP contribution in [0.3, 0.4) is 0 Å². The Labute approximate surface area is 147 Å². The summed E-state index contributed by atoms with van der Waals surface area (Å²) in [7, 11) is 0. The second kappa shape index (κ2) is 7.51. The molecule has 0 spiro atoms. The van der Waals surface area contributed by atoms with Crippen molar-refractivity contribution in [2.75, 3.05) is 26.2 Å². The van der Waals surface area contributed by atoms with E-state index in [9.17, 15) is 0 Å². The van der Waals surface area contributed by atoms with Crippen LogP contribution in [0.4, 0.5) is 0 Å². The van der Waals surface area contributed by atoms with Crippen LogP contribution in [0.25, 0.3) is 0 Å². The summed E-state index contributed by atoms with van der Waals surface area (Å²) in [5.41, 5.74) is 0.601. The van der Waals surface area contributed by atoms with Gasteiger partial charge < -0.3 is 10.2 Å². The molecule has 0 radical (unpaired) electrons. The topological polar surface area (TPSA) is 27.6 Å². The van der Waals surface area contributed by atoms with Gasteiger partial charge in [0.2, 0.25) is 0 Å². The maximum Gasteiger partial charge on any atom is 0.193 e. The van der Waals surface area contributed by atoms with Crippen molar-refractivity contribution in [2.45, 2.75) is 58.8 Å². The van der Waals surface area contributed by atoms with Crippen LogP contribution in [0.2, 0.25) is 0 Å². The van der Waals surface area contributed by atoms with Crippen LogP contribution in [0, 0.1) is 17.3 Å². The Morgan fingerprint density at radius 3 is 2.33 bits per heavy atom. The summed E-state index contributed by atoms with van der Waals surface area (Å²) in [6.07, 6.45) is 9.86. The highest BCUT2D eigenvalue weighted by molar-refractivity contribution is 14.0. The van der Waals surface area contributed by atoms with Crippen LogP contribution in [-0.2, 0) is 0 Å². The lowest BCUT2D eigenvalue weighted by atomic mass is 9.65. The van der Waals surface area contributed by atoms with Gasteiger partial charge >= 0.3 is 0 Å². The number of nitrogens with one attached hydrogen (secondary N) is 1. The van der Waals surface area contributed by atoms with Crippen LogP contribution in [0.1, 0.15) is 58.8 Å². The first kappa shape index (κ1) is 17.4. The molecule has 1 aliphatic heterocycles. The van der Waals surface area contributed by atoms with Crippen LogP contribution in [0.15, 0.2) is 4.99 Å². The zero-order valence-corrected chi connectivity index (χ0v) is 16.1. The molecule has 0 aromatic rings. The molecule has 1 heterocycles. The molecular formula is C17H32IN3. The molecule has 3 nitrogen and oxygen atoms in total. The van der Waals surface area contributed by atoms with Crippen molar-refractivity contribution in [3.8, 4) is 0 Å². The molecule has 1 N–H and O–H groups in total. The van der Waals surface area contributed by atoms with E-state index in [1.165, 1.54) is 64.0 Å². The number of likely N-dealkylation sites (tertiary alicyclic amines) is 1. The minimum atomic E-state index is 0. The van der Waals surface area contributed by atoms with E-state index in [0.717, 1.165) is 24.9 Å². The van der Waals surface area contributed by atoms with Gasteiger partial charge in [-0.25, -0.2) is 0 Å². The fraction of sp³-hybridized carbons (Fsp3) is 0.941. The minimum Gasteiger partial charge on any atom is -0.357 e. The standard InChI is InChI=1S/C17H31N3.HI/c1-3-18-16(20-11-7-14(2)8-12-20)19-13-17(9-4-10-17)15-5-6-15;/h14-15H,3-13H2,1-2H3,(H,18,19);1H. The highest BCUT2D eigenvalue weighted by Crippen LogP contribution is 2.57. The number of aliphatic imine (C=N–C) groups is 1. The highest BCUT2D eigenvalue weighted by atomic mass is 127. The van der Waals surface area contributed by atoms with Crippen molar-refractivity contribution in [3.05, 3.63) is 0 Å². The third-order valence-electron chi connectivity index (χ3n) is 5.75. The van der Waals surface area contributed by atoms with Gasteiger partial charge in [-0.2, -0.15) is 0 Å². The normalized spacial score (nSPS) is 26.0. The monoisotopic (exact) mass is 405 g/mol. The maximum atomic E-state index is 5.05. The molecular weight excluding hydrogens is 373 g/mol. The molecule has 0 aromatic heterocycles. The van der Waals surface area contributed by atoms with Gasteiger partial charge in [0.15, 0.2) is 5.96 Å². The largest absolute Gasteiger partial charge is 0.357 e. The minimum absolute atomic E-state index is 0. The maximum absolute atomic E-state index is 5.05. The lowest BCUT2D eigenvalue weighted by molar-refractivity contribution is 0.112. The molecule has 0 unspecified atom stereocenters. The van der Waals surface area contributed by atoms with Gasteiger partial charge in [-0.05, 0) is 62.7 Å². The first-order valence-corrected chi connectivity index (χ1v) is 8.77. The summed E-state index contributed by atoms with van der Waals surface area (Å²) in [6, 6.07) is 0. The van der Waals surface area contributed by atoms with Gasteiger partial charge in [0.05, 0.1) is 0 Å². The number of guanidine groups is 1. The number of hydrogen-bond donors (Lipinski definition) is 1. The van der Waals surface area contributed by atoms with E-state index < -0.39 is 0 Å². The number of hydrogen-bond acceptors (Lipinski definition) is 1. The number of piperidine rings is 1. The SMILES string of the molecule is CCNC(=NCC1(C2CC2)CCC1)N1CCC(C)CC1.I. The fourth-order valence-corrected chi connectivity index (χ4v) is 3.90. The Balaban J connectivity index is 0.00000161. The molecule has 0 atom stereocenters. The fourth-order valence-electron chi connectivity index (χ4n) is 3.90. The summed E-state index contributed by atoms with van der Waals surface area (Å²) < 4.78 is 0. The quantitative estimate of drug-likeness (QED) is 0.437. The third kappa shape index (κ3) is 4.05. The lowest BCUT2D eigenvalue weighted by Gasteiger charge is -2.42. The first-order valence-electron chi connectivity index (χ1n) is 8.77. The second-order valence-electron chi connectivity index (χ2n) is 7.33. The van der Waals surface area contributed by atoms with Crippen LogP contribution in [-0.4, -0.2) is 37.0 Å². The zero-order valence-electron chi connectivity index (χ0n) is 13.7. The van der Waals surface area contributed by atoms with Crippen molar-refractivity contribution in [2.24, 2.45) is 22.2 Å². The van der Waals surface area contributed by atoms with E-state index >= 15 is 0 Å². The molecule has 122 valence electrons. The summed E-state index contributed by atoms with van der Waals surface area (Å²) in [4.78, 5) is 7.54. The molecule has 21 heavy (non-hydrogen) atoms. The molecule has 1 saturated heterocycles. The van der Waals surface area contributed by atoms with Crippen molar-refractivity contribution < 1.29 is 0 Å². The smallest absolute Gasteiger partial charge is 0.193 e. The molecule has 0 bridgehead atoms. The molecule has 3 fully saturated rings. The Kier molecular flexibility index (Phi) is 6.21. The van der Waals surface area contributed by atoms with E-state index in [4.69, 9.17) is 4.99 Å². The van der Waals surface area contributed by atoms with Gasteiger partial charge in [-0.1, -0.05) is 13.3 Å². The van der Waals surface area contributed by atoms with E-state index in [2.05, 4.69) is 24.1 Å². The molecule has 0 amide bonds. The van der Waals surface area contributed by atoms with Crippen molar-refractivity contribution in [1.29, 1.82) is 0 Å². The average Bonchev–Trinajstić information content (AvgIpc) is 3.22. The second-order valence-corrected chi connectivity index (χ2v) is 7.33. The molecule has 3 rings (SSSR count). The number of rotatable bonds is 4. The summed E-state index contributed by atoms with van der Waals surface area (Å²) in [5.74, 6) is 3.08. The lowest BCUT2D eigenvalue weighted by Crippen LogP contribution is -2.46. The summed E-state index contributed by atoms with van der Waals surface area (Å²) in [6.45, 7) is 8.99. The molecule has 4 heteroatoms. The van der Waals surface area contributed by atoms with Gasteiger partial charge in [0.1, 0.15) is 0 Å². The molecule has 2 saturated carbocycles. The van der Waals surface area contributed by atoms with Crippen LogP contribution < -0.4 is 5.32 Å². The Morgan fingerprint density at radius 2 is 1.86 bits per heavy atom. The van der Waals surface area contributed by atoms with Gasteiger partial charge in [-0.3, -0.25) is 4.99 Å². The zero-order chi connectivity index (χ0) is 14.0. The Morgan fingerprint density at radius 1 is 1.19 bits per heavy atom. The van der Waals surface area contributed by atoms with E-state index in [0.29, 0.717) is 5.41 Å².